The van der Waals surface area contributed by atoms with E-state index in [9.17, 15) is 4.79 Å². The third-order valence-corrected chi connectivity index (χ3v) is 5.64. The van der Waals surface area contributed by atoms with Gasteiger partial charge in [-0.3, -0.25) is 4.79 Å². The molecule has 1 aromatic carbocycles. The third-order valence-electron chi connectivity index (χ3n) is 5.64. The van der Waals surface area contributed by atoms with Gasteiger partial charge in [-0.2, -0.15) is 0 Å². The van der Waals surface area contributed by atoms with Crippen molar-refractivity contribution in [2.24, 2.45) is 23.5 Å². The molecule has 2 unspecified atom stereocenters. The first-order valence-corrected chi connectivity index (χ1v) is 8.88. The van der Waals surface area contributed by atoms with E-state index in [4.69, 9.17) is 5.73 Å². The lowest BCUT2D eigenvalue weighted by atomic mass is 9.65. The van der Waals surface area contributed by atoms with Crippen LogP contribution in [0.2, 0.25) is 0 Å². The number of hydrogen-bond acceptors (Lipinski definition) is 2. The number of rotatable bonds is 5. The smallest absolute Gasteiger partial charge is 0.226 e. The van der Waals surface area contributed by atoms with Crippen LogP contribution >= 0.6 is 12.4 Å². The quantitative estimate of drug-likeness (QED) is 0.823. The summed E-state index contributed by atoms with van der Waals surface area (Å²) in [6.45, 7) is 5.11. The van der Waals surface area contributed by atoms with Gasteiger partial charge in [0.2, 0.25) is 5.91 Å². The van der Waals surface area contributed by atoms with Crippen LogP contribution in [0.1, 0.15) is 37.7 Å². The average Bonchev–Trinajstić information content (AvgIpc) is 2.54. The summed E-state index contributed by atoms with van der Waals surface area (Å²) in [6, 6.07) is 10.5. The van der Waals surface area contributed by atoms with Crippen molar-refractivity contribution < 1.29 is 4.79 Å². The molecule has 1 amide bonds. The molecule has 0 spiro atoms. The number of nitrogens with two attached hydrogens (primary N) is 1. The van der Waals surface area contributed by atoms with Crippen molar-refractivity contribution in [1.29, 1.82) is 0 Å². The lowest BCUT2D eigenvalue weighted by Gasteiger charge is -2.44. The van der Waals surface area contributed by atoms with Gasteiger partial charge >= 0.3 is 0 Å². The molecule has 2 fully saturated rings. The second-order valence-corrected chi connectivity index (χ2v) is 7.19. The highest BCUT2D eigenvalue weighted by Crippen LogP contribution is 2.42. The number of benzene rings is 1. The fraction of sp³-hybridized carbons (Fsp3) is 0.550. The number of nitrogens with zero attached hydrogens (tertiary/aromatic N) is 1. The molecule has 24 heavy (non-hydrogen) atoms. The highest BCUT2D eigenvalue weighted by atomic mass is 35.5. The second kappa shape index (κ2) is 8.68. The number of carbonyl (C=O) groups excluding carboxylic acids is 1. The zero-order valence-corrected chi connectivity index (χ0v) is 15.1. The van der Waals surface area contributed by atoms with Crippen LogP contribution in [0.15, 0.2) is 43.0 Å². The zero-order chi connectivity index (χ0) is 16.2. The van der Waals surface area contributed by atoms with Crippen molar-refractivity contribution in [2.75, 3.05) is 6.54 Å². The Morgan fingerprint density at radius 2 is 1.83 bits per heavy atom. The van der Waals surface area contributed by atoms with E-state index < -0.39 is 0 Å². The monoisotopic (exact) mass is 348 g/mol. The maximum Gasteiger partial charge on any atom is 0.226 e. The minimum absolute atomic E-state index is 0. The Balaban J connectivity index is 0.00000208. The van der Waals surface area contributed by atoms with E-state index in [1.54, 1.807) is 0 Å². The Morgan fingerprint density at radius 1 is 1.21 bits per heavy atom. The minimum Gasteiger partial charge on any atom is -0.334 e. The Morgan fingerprint density at radius 3 is 2.42 bits per heavy atom. The Hall–Kier alpha value is -1.32. The first-order chi connectivity index (χ1) is 11.2. The van der Waals surface area contributed by atoms with Gasteiger partial charge in [0, 0.05) is 25.0 Å². The molecule has 132 valence electrons. The first kappa shape index (κ1) is 19.0. The number of amides is 1. The summed E-state index contributed by atoms with van der Waals surface area (Å²) in [5.74, 6) is 1.52. The van der Waals surface area contributed by atoms with Gasteiger partial charge in [-0.15, -0.1) is 19.0 Å². The van der Waals surface area contributed by atoms with Gasteiger partial charge in [-0.1, -0.05) is 42.8 Å². The zero-order valence-electron chi connectivity index (χ0n) is 14.3. The SMILES string of the molecule is C=CCN(Cc1ccccc1)C(=O)C1CC2CCCC(C1)C2N.Cl. The van der Waals surface area contributed by atoms with Crippen LogP contribution in [-0.4, -0.2) is 23.4 Å². The molecule has 2 bridgehead atoms. The van der Waals surface area contributed by atoms with Crippen molar-refractivity contribution >= 4 is 18.3 Å². The van der Waals surface area contributed by atoms with Gasteiger partial charge in [0.1, 0.15) is 0 Å². The van der Waals surface area contributed by atoms with Crippen molar-refractivity contribution in [3.8, 4) is 0 Å². The molecule has 0 radical (unpaired) electrons. The van der Waals surface area contributed by atoms with E-state index in [0.29, 0.717) is 31.0 Å². The minimum atomic E-state index is 0. The summed E-state index contributed by atoms with van der Waals surface area (Å²) < 4.78 is 0. The number of fused-ring (bicyclic) bond motifs is 2. The Bertz CT molecular complexity index is 534. The maximum atomic E-state index is 13.1. The van der Waals surface area contributed by atoms with E-state index in [1.165, 1.54) is 24.8 Å². The molecular weight excluding hydrogens is 320 g/mol. The summed E-state index contributed by atoms with van der Waals surface area (Å²) in [5.41, 5.74) is 7.54. The Labute approximate surface area is 151 Å². The molecule has 0 heterocycles. The van der Waals surface area contributed by atoms with E-state index in [0.717, 1.165) is 12.8 Å². The average molecular weight is 349 g/mol. The fourth-order valence-corrected chi connectivity index (χ4v) is 4.44. The largest absolute Gasteiger partial charge is 0.334 e. The summed E-state index contributed by atoms with van der Waals surface area (Å²) in [4.78, 5) is 15.0. The lowest BCUT2D eigenvalue weighted by Crippen LogP contribution is -2.49. The van der Waals surface area contributed by atoms with Crippen molar-refractivity contribution in [3.63, 3.8) is 0 Å². The molecule has 2 aliphatic carbocycles. The molecule has 1 aromatic rings. The van der Waals surface area contributed by atoms with E-state index >= 15 is 0 Å². The van der Waals surface area contributed by atoms with Crippen LogP contribution in [0, 0.1) is 17.8 Å². The Kier molecular flexibility index (Phi) is 6.88. The normalized spacial score (nSPS) is 28.5. The van der Waals surface area contributed by atoms with Crippen LogP contribution in [0.25, 0.3) is 0 Å². The molecule has 2 N–H and O–H groups in total. The van der Waals surface area contributed by atoms with Crippen molar-refractivity contribution in [3.05, 3.63) is 48.6 Å². The van der Waals surface area contributed by atoms with E-state index in [-0.39, 0.29) is 24.2 Å². The van der Waals surface area contributed by atoms with Gasteiger partial charge < -0.3 is 10.6 Å². The van der Waals surface area contributed by atoms with Gasteiger partial charge in [-0.05, 0) is 43.1 Å². The predicted octanol–water partition coefficient (Wildman–Crippen LogP) is 3.78. The van der Waals surface area contributed by atoms with Crippen LogP contribution in [0.3, 0.4) is 0 Å². The summed E-state index contributed by atoms with van der Waals surface area (Å²) in [7, 11) is 0. The predicted molar refractivity (Wildman–Crippen MR) is 101 cm³/mol. The molecule has 2 aliphatic rings. The molecule has 0 aliphatic heterocycles. The van der Waals surface area contributed by atoms with E-state index in [1.807, 2.05) is 29.2 Å². The summed E-state index contributed by atoms with van der Waals surface area (Å²) >= 11 is 0. The van der Waals surface area contributed by atoms with Crippen molar-refractivity contribution in [1.82, 2.24) is 4.90 Å². The fourth-order valence-electron chi connectivity index (χ4n) is 4.44. The maximum absolute atomic E-state index is 13.1. The van der Waals surface area contributed by atoms with E-state index in [2.05, 4.69) is 18.7 Å². The number of hydrogen-bond donors (Lipinski definition) is 1. The molecule has 3 rings (SSSR count). The third kappa shape index (κ3) is 4.20. The summed E-state index contributed by atoms with van der Waals surface area (Å²) in [6.07, 6.45) is 7.45. The first-order valence-electron chi connectivity index (χ1n) is 8.88. The number of halogens is 1. The molecule has 2 atom stereocenters. The molecule has 2 saturated carbocycles. The number of carbonyl (C=O) groups is 1. The van der Waals surface area contributed by atoms with Crippen LogP contribution in [0.4, 0.5) is 0 Å². The van der Waals surface area contributed by atoms with Crippen LogP contribution < -0.4 is 5.73 Å². The molecular formula is C20H29ClN2O. The molecule has 0 aromatic heterocycles. The topological polar surface area (TPSA) is 46.3 Å². The second-order valence-electron chi connectivity index (χ2n) is 7.19. The highest BCUT2D eigenvalue weighted by Gasteiger charge is 2.41. The van der Waals surface area contributed by atoms with Crippen molar-refractivity contribution in [2.45, 2.75) is 44.7 Å². The van der Waals surface area contributed by atoms with Gasteiger partial charge in [-0.25, -0.2) is 0 Å². The van der Waals surface area contributed by atoms with Crippen LogP contribution in [0.5, 0.6) is 0 Å². The summed E-state index contributed by atoms with van der Waals surface area (Å²) in [5, 5.41) is 0. The molecule has 4 heteroatoms. The lowest BCUT2D eigenvalue weighted by molar-refractivity contribution is -0.138. The highest BCUT2D eigenvalue weighted by molar-refractivity contribution is 5.85. The van der Waals surface area contributed by atoms with Crippen LogP contribution in [-0.2, 0) is 11.3 Å². The standard InChI is InChI=1S/C20H28N2O.ClH/c1-2-11-22(14-15-7-4-3-5-8-15)20(23)18-12-16-9-6-10-17(13-18)19(16)21;/h2-5,7-8,16-19H,1,6,9-14,21H2;1H. The van der Waals surface area contributed by atoms with Gasteiger partial charge in [0.05, 0.1) is 0 Å². The molecule has 0 saturated heterocycles. The van der Waals surface area contributed by atoms with Gasteiger partial charge in [0.25, 0.3) is 0 Å². The molecule has 3 nitrogen and oxygen atoms in total. The van der Waals surface area contributed by atoms with Gasteiger partial charge in [0.15, 0.2) is 0 Å².